The minimum atomic E-state index is -0.132. The zero-order valence-corrected chi connectivity index (χ0v) is 13.2. The first-order valence-corrected chi connectivity index (χ1v) is 8.70. The highest BCUT2D eigenvalue weighted by molar-refractivity contribution is 5.33. The van der Waals surface area contributed by atoms with Crippen LogP contribution in [0.15, 0.2) is 12.4 Å². The van der Waals surface area contributed by atoms with Gasteiger partial charge in [-0.1, -0.05) is 12.8 Å². The van der Waals surface area contributed by atoms with Crippen molar-refractivity contribution < 1.29 is 9.84 Å². The third-order valence-electron chi connectivity index (χ3n) is 4.78. The van der Waals surface area contributed by atoms with Crippen molar-refractivity contribution in [2.24, 2.45) is 5.92 Å². The molecule has 3 rings (SSSR count). The number of aromatic nitrogens is 2. The number of aliphatic hydroxyl groups is 1. The molecule has 2 aliphatic carbocycles. The molecule has 2 aliphatic rings. The van der Waals surface area contributed by atoms with Crippen LogP contribution in [-0.4, -0.2) is 33.8 Å². The molecule has 2 fully saturated rings. The van der Waals surface area contributed by atoms with Crippen LogP contribution in [-0.2, 0) is 0 Å². The van der Waals surface area contributed by atoms with Gasteiger partial charge in [0.25, 0.3) is 0 Å². The summed E-state index contributed by atoms with van der Waals surface area (Å²) in [5.74, 6) is 1.92. The molecule has 2 saturated carbocycles. The lowest BCUT2D eigenvalue weighted by Gasteiger charge is -2.26. The minimum Gasteiger partial charge on any atom is -0.473 e. The number of nitrogens with zero attached hydrogens (tertiary/aromatic N) is 2. The van der Waals surface area contributed by atoms with Crippen LogP contribution in [0.4, 0.5) is 5.82 Å². The van der Waals surface area contributed by atoms with Crippen LogP contribution in [0.2, 0.25) is 0 Å². The smallest absolute Gasteiger partial charge is 0.234 e. The van der Waals surface area contributed by atoms with E-state index in [1.165, 1.54) is 25.7 Å². The normalized spacial score (nSPS) is 26.6. The Balaban J connectivity index is 1.50. The number of aliphatic hydroxyl groups excluding tert-OH is 1. The summed E-state index contributed by atoms with van der Waals surface area (Å²) in [7, 11) is 0. The summed E-state index contributed by atoms with van der Waals surface area (Å²) in [6.07, 6.45) is 13.8. The van der Waals surface area contributed by atoms with Crippen LogP contribution in [0.25, 0.3) is 0 Å². The molecule has 122 valence electrons. The van der Waals surface area contributed by atoms with Crippen molar-refractivity contribution in [1.82, 2.24) is 9.97 Å². The van der Waals surface area contributed by atoms with Crippen molar-refractivity contribution in [1.29, 1.82) is 0 Å². The highest BCUT2D eigenvalue weighted by Crippen LogP contribution is 2.25. The van der Waals surface area contributed by atoms with Gasteiger partial charge in [0, 0.05) is 6.54 Å². The molecule has 5 heteroatoms. The van der Waals surface area contributed by atoms with Crippen molar-refractivity contribution in [2.75, 3.05) is 11.9 Å². The second-order valence-corrected chi connectivity index (χ2v) is 6.69. The Kier molecular flexibility index (Phi) is 5.48. The van der Waals surface area contributed by atoms with E-state index in [-0.39, 0.29) is 6.10 Å². The summed E-state index contributed by atoms with van der Waals surface area (Å²) in [4.78, 5) is 8.74. The Morgan fingerprint density at radius 3 is 2.77 bits per heavy atom. The lowest BCUT2D eigenvalue weighted by molar-refractivity contribution is 0.104. The van der Waals surface area contributed by atoms with Crippen LogP contribution in [0.5, 0.6) is 5.88 Å². The number of hydrogen-bond acceptors (Lipinski definition) is 5. The van der Waals surface area contributed by atoms with Crippen LogP contribution in [0, 0.1) is 5.92 Å². The first kappa shape index (κ1) is 15.5. The van der Waals surface area contributed by atoms with Gasteiger partial charge < -0.3 is 15.2 Å². The van der Waals surface area contributed by atoms with E-state index in [0.29, 0.717) is 17.9 Å². The molecule has 2 N–H and O–H groups in total. The van der Waals surface area contributed by atoms with E-state index in [9.17, 15) is 5.11 Å². The lowest BCUT2D eigenvalue weighted by Crippen LogP contribution is -2.25. The van der Waals surface area contributed by atoms with Crippen molar-refractivity contribution >= 4 is 5.82 Å². The molecular weight excluding hydrogens is 278 g/mol. The molecule has 0 amide bonds. The average Bonchev–Trinajstić information content (AvgIpc) is 2.54. The quantitative estimate of drug-likeness (QED) is 0.874. The van der Waals surface area contributed by atoms with Gasteiger partial charge in [-0.3, -0.25) is 4.98 Å². The fourth-order valence-corrected chi connectivity index (χ4v) is 3.54. The van der Waals surface area contributed by atoms with Crippen molar-refractivity contribution in [3.8, 4) is 5.88 Å². The number of anilines is 1. The summed E-state index contributed by atoms with van der Waals surface area (Å²) in [5, 5.41) is 13.1. The van der Waals surface area contributed by atoms with Crippen molar-refractivity contribution in [3.05, 3.63) is 12.4 Å². The Morgan fingerprint density at radius 1 is 1.09 bits per heavy atom. The third kappa shape index (κ3) is 4.57. The number of ether oxygens (including phenoxy) is 1. The Bertz CT molecular complexity index is 463. The van der Waals surface area contributed by atoms with Gasteiger partial charge in [0.1, 0.15) is 11.9 Å². The SMILES string of the molecule is OC1CCCC(CNc2cncc(OC3CCCCC3)n2)C1. The lowest BCUT2D eigenvalue weighted by atomic mass is 9.87. The van der Waals surface area contributed by atoms with Crippen LogP contribution >= 0.6 is 0 Å². The molecule has 1 aromatic rings. The van der Waals surface area contributed by atoms with E-state index >= 15 is 0 Å². The molecule has 2 atom stereocenters. The van der Waals surface area contributed by atoms with Gasteiger partial charge in [-0.05, 0) is 50.9 Å². The monoisotopic (exact) mass is 305 g/mol. The zero-order valence-electron chi connectivity index (χ0n) is 13.2. The first-order valence-electron chi connectivity index (χ1n) is 8.70. The third-order valence-corrected chi connectivity index (χ3v) is 4.78. The number of rotatable bonds is 5. The Morgan fingerprint density at radius 2 is 1.95 bits per heavy atom. The summed E-state index contributed by atoms with van der Waals surface area (Å²) >= 11 is 0. The molecule has 1 heterocycles. The maximum absolute atomic E-state index is 9.73. The predicted molar refractivity (Wildman–Crippen MR) is 86.0 cm³/mol. The summed E-state index contributed by atoms with van der Waals surface area (Å²) < 4.78 is 5.95. The molecule has 5 nitrogen and oxygen atoms in total. The molecule has 22 heavy (non-hydrogen) atoms. The molecule has 0 aromatic carbocycles. The molecule has 0 radical (unpaired) electrons. The van der Waals surface area contributed by atoms with Gasteiger partial charge in [0.15, 0.2) is 0 Å². The topological polar surface area (TPSA) is 67.3 Å². The van der Waals surface area contributed by atoms with Crippen LogP contribution < -0.4 is 10.1 Å². The number of nitrogens with one attached hydrogen (secondary N) is 1. The first-order chi connectivity index (χ1) is 10.8. The van der Waals surface area contributed by atoms with E-state index in [1.54, 1.807) is 12.4 Å². The van der Waals surface area contributed by atoms with Gasteiger partial charge in [0.2, 0.25) is 5.88 Å². The van der Waals surface area contributed by atoms with E-state index < -0.39 is 0 Å². The molecule has 0 aliphatic heterocycles. The highest BCUT2D eigenvalue weighted by Gasteiger charge is 2.20. The van der Waals surface area contributed by atoms with Gasteiger partial charge in [0.05, 0.1) is 18.5 Å². The van der Waals surface area contributed by atoms with E-state index in [2.05, 4.69) is 15.3 Å². The Hall–Kier alpha value is -1.36. The van der Waals surface area contributed by atoms with Crippen molar-refractivity contribution in [2.45, 2.75) is 70.0 Å². The van der Waals surface area contributed by atoms with Gasteiger partial charge in [-0.2, -0.15) is 4.98 Å². The zero-order chi connectivity index (χ0) is 15.2. The maximum atomic E-state index is 9.73. The van der Waals surface area contributed by atoms with Crippen LogP contribution in [0.3, 0.4) is 0 Å². The second-order valence-electron chi connectivity index (χ2n) is 6.69. The molecule has 0 spiro atoms. The highest BCUT2D eigenvalue weighted by atomic mass is 16.5. The molecular formula is C17H27N3O2. The average molecular weight is 305 g/mol. The molecule has 0 bridgehead atoms. The predicted octanol–water partition coefficient (Wildman–Crippen LogP) is 3.15. The van der Waals surface area contributed by atoms with Gasteiger partial charge >= 0.3 is 0 Å². The summed E-state index contributed by atoms with van der Waals surface area (Å²) in [5.41, 5.74) is 0. The van der Waals surface area contributed by atoms with Gasteiger partial charge in [-0.25, -0.2) is 0 Å². The maximum Gasteiger partial charge on any atom is 0.234 e. The van der Waals surface area contributed by atoms with Gasteiger partial charge in [-0.15, -0.1) is 0 Å². The van der Waals surface area contributed by atoms with E-state index in [0.717, 1.165) is 44.5 Å². The van der Waals surface area contributed by atoms with E-state index in [4.69, 9.17) is 4.74 Å². The summed E-state index contributed by atoms with van der Waals surface area (Å²) in [6.45, 7) is 0.846. The molecule has 1 aromatic heterocycles. The minimum absolute atomic E-state index is 0.132. The fourth-order valence-electron chi connectivity index (χ4n) is 3.54. The standard InChI is InChI=1S/C17H27N3O2/c21-14-6-4-5-13(9-14)10-19-16-11-18-12-17(20-16)22-15-7-2-1-3-8-15/h11-15,21H,1-10H2,(H,19,20). The number of hydrogen-bond donors (Lipinski definition) is 2. The second kappa shape index (κ2) is 7.77. The largest absolute Gasteiger partial charge is 0.473 e. The van der Waals surface area contributed by atoms with E-state index in [1.807, 2.05) is 0 Å². The van der Waals surface area contributed by atoms with Crippen LogP contribution in [0.1, 0.15) is 57.8 Å². The Labute approximate surface area is 132 Å². The van der Waals surface area contributed by atoms with Crippen molar-refractivity contribution in [3.63, 3.8) is 0 Å². The molecule has 0 saturated heterocycles. The summed E-state index contributed by atoms with van der Waals surface area (Å²) in [6, 6.07) is 0. The molecule has 2 unspecified atom stereocenters. The fraction of sp³-hybridized carbons (Fsp3) is 0.765.